The molecule has 0 fully saturated rings. The summed E-state index contributed by atoms with van der Waals surface area (Å²) in [5.41, 5.74) is 10.1. The fourth-order valence-electron chi connectivity index (χ4n) is 3.13. The summed E-state index contributed by atoms with van der Waals surface area (Å²) in [7, 11) is 0. The summed E-state index contributed by atoms with van der Waals surface area (Å²) >= 11 is 14.2. The molecule has 1 amide bonds. The van der Waals surface area contributed by atoms with Gasteiger partial charge in [-0.15, -0.1) is 17.1 Å². The molecule has 0 saturated carbocycles. The van der Waals surface area contributed by atoms with Crippen LogP contribution < -0.4 is 11.1 Å². The quantitative estimate of drug-likeness (QED) is 0.499. The summed E-state index contributed by atoms with van der Waals surface area (Å²) in [5.74, 6) is 0.369. The highest BCUT2D eigenvalue weighted by molar-refractivity contribution is 7.20. The van der Waals surface area contributed by atoms with Crippen LogP contribution in [0, 0.1) is 0 Å². The first-order valence-corrected chi connectivity index (χ1v) is 11.9. The van der Waals surface area contributed by atoms with Crippen molar-refractivity contribution in [3.63, 3.8) is 0 Å². The lowest BCUT2D eigenvalue weighted by Gasteiger charge is -2.18. The second kappa shape index (κ2) is 11.0. The number of hydrogen-bond donors (Lipinski definition) is 2. The van der Waals surface area contributed by atoms with Crippen LogP contribution >= 0.6 is 34.5 Å². The Morgan fingerprint density at radius 3 is 2.72 bits per heavy atom. The van der Waals surface area contributed by atoms with Crippen LogP contribution in [-0.2, 0) is 4.74 Å². The molecule has 2 heterocycles. The number of rotatable bonds is 9. The molecule has 0 aromatic carbocycles. The van der Waals surface area contributed by atoms with Gasteiger partial charge < -0.3 is 20.7 Å². The molecule has 0 unspecified atom stereocenters. The highest BCUT2D eigenvalue weighted by Crippen LogP contribution is 2.36. The van der Waals surface area contributed by atoms with Gasteiger partial charge in [-0.2, -0.15) is 0 Å². The average Bonchev–Trinajstić information content (AvgIpc) is 3.13. The van der Waals surface area contributed by atoms with Crippen LogP contribution in [0.4, 0.5) is 5.95 Å². The molecule has 1 aliphatic rings. The molecule has 1 aliphatic carbocycles. The highest BCUT2D eigenvalue weighted by atomic mass is 35.5. The van der Waals surface area contributed by atoms with Gasteiger partial charge in [0, 0.05) is 24.6 Å². The number of thiophene rings is 1. The molecule has 32 heavy (non-hydrogen) atoms. The lowest BCUT2D eigenvalue weighted by Crippen LogP contribution is -2.26. The number of hydrogen-bond acceptors (Lipinski definition) is 7. The monoisotopic (exact) mass is 493 g/mol. The van der Waals surface area contributed by atoms with Crippen molar-refractivity contribution < 1.29 is 9.53 Å². The number of allylic oxidation sites excluding steroid dienone is 4. The number of ether oxygens (including phenoxy) is 1. The van der Waals surface area contributed by atoms with E-state index in [0.29, 0.717) is 55.3 Å². The Morgan fingerprint density at radius 2 is 2.03 bits per heavy atom. The Kier molecular flexibility index (Phi) is 8.34. The van der Waals surface area contributed by atoms with E-state index in [1.165, 1.54) is 11.3 Å². The van der Waals surface area contributed by atoms with Crippen molar-refractivity contribution in [2.24, 2.45) is 0 Å². The molecule has 2 aromatic rings. The minimum Gasteiger partial charge on any atom is -0.490 e. The molecule has 0 spiro atoms. The lowest BCUT2D eigenvalue weighted by atomic mass is 10.1. The normalized spacial score (nSPS) is 13.9. The van der Waals surface area contributed by atoms with Crippen molar-refractivity contribution in [1.29, 1.82) is 0 Å². The van der Waals surface area contributed by atoms with E-state index in [2.05, 4.69) is 39.8 Å². The highest BCUT2D eigenvalue weighted by Gasteiger charge is 2.20. The number of nitrogens with zero attached hydrogens (tertiary/aromatic N) is 3. The third-order valence-electron chi connectivity index (χ3n) is 4.84. The summed E-state index contributed by atoms with van der Waals surface area (Å²) in [6.45, 7) is 9.75. The van der Waals surface area contributed by atoms with E-state index in [4.69, 9.17) is 33.7 Å². The van der Waals surface area contributed by atoms with Gasteiger partial charge in [0.2, 0.25) is 5.95 Å². The number of amides is 1. The van der Waals surface area contributed by atoms with Crippen molar-refractivity contribution >= 4 is 62.2 Å². The number of nitrogens with one attached hydrogen (secondary N) is 1. The second-order valence-corrected chi connectivity index (χ2v) is 8.71. The van der Waals surface area contributed by atoms with E-state index in [1.807, 2.05) is 6.92 Å². The van der Waals surface area contributed by atoms with Gasteiger partial charge in [-0.05, 0) is 32.2 Å². The molecule has 3 N–H and O–H groups in total. The Labute approximate surface area is 201 Å². The Morgan fingerprint density at radius 1 is 1.28 bits per heavy atom. The van der Waals surface area contributed by atoms with Crippen LogP contribution in [-0.4, -0.2) is 53.6 Å². The van der Waals surface area contributed by atoms with Crippen LogP contribution in [0.2, 0.25) is 0 Å². The van der Waals surface area contributed by atoms with Crippen LogP contribution in [0.5, 0.6) is 0 Å². The first-order chi connectivity index (χ1) is 15.4. The fraction of sp³-hybridized carbons (Fsp3) is 0.364. The van der Waals surface area contributed by atoms with Gasteiger partial charge in [0.05, 0.1) is 26.2 Å². The van der Waals surface area contributed by atoms with Crippen molar-refractivity contribution in [2.45, 2.75) is 20.8 Å². The minimum absolute atomic E-state index is 0.0783. The Hall–Kier alpha value is -2.35. The average molecular weight is 494 g/mol. The number of anilines is 1. The number of carbonyl (C=O) groups is 1. The maximum Gasteiger partial charge on any atom is 0.261 e. The van der Waals surface area contributed by atoms with Crippen LogP contribution in [0.25, 0.3) is 15.8 Å². The molecule has 170 valence electrons. The van der Waals surface area contributed by atoms with Crippen molar-refractivity contribution in [2.75, 3.05) is 38.5 Å². The molecule has 0 aliphatic heterocycles. The number of nitrogen functional groups attached to an aromatic ring is 1. The summed E-state index contributed by atoms with van der Waals surface area (Å²) in [5, 5.41) is 4.14. The van der Waals surface area contributed by atoms with Crippen molar-refractivity contribution in [1.82, 2.24) is 20.2 Å². The van der Waals surface area contributed by atoms with Gasteiger partial charge in [-0.25, -0.2) is 9.97 Å². The molecule has 7 nitrogen and oxygen atoms in total. The number of aromatic nitrogens is 2. The van der Waals surface area contributed by atoms with E-state index in [0.717, 1.165) is 19.6 Å². The van der Waals surface area contributed by atoms with Crippen LogP contribution in [0.3, 0.4) is 0 Å². The standard InChI is InChI=1S/C22H25Cl2N5O2S/c1-4-26-20(30)18-11-14-19(27-22(25)28-21(14)32-18)13-7-8-17(16(24)12-15(13)23)31-10-9-29(5-2)6-3/h8,11-12H,4-6,9-10H2,1-3H3,(H,26,30)(H2,25,27,28). The Balaban J connectivity index is 1.97. The summed E-state index contributed by atoms with van der Waals surface area (Å²) < 4.78 is 5.88. The fourth-order valence-corrected chi connectivity index (χ4v) is 4.62. The molecular formula is C22H25Cl2N5O2S. The topological polar surface area (TPSA) is 93.4 Å². The molecular weight excluding hydrogens is 469 g/mol. The summed E-state index contributed by atoms with van der Waals surface area (Å²) in [4.78, 5) is 24.3. The molecule has 2 aromatic heterocycles. The molecule has 0 radical (unpaired) electrons. The third-order valence-corrected chi connectivity index (χ3v) is 6.46. The summed E-state index contributed by atoms with van der Waals surface area (Å²) in [6, 6.07) is 1.74. The van der Waals surface area contributed by atoms with Gasteiger partial charge in [-0.3, -0.25) is 4.79 Å². The van der Waals surface area contributed by atoms with Crippen LogP contribution in [0.15, 0.2) is 39.8 Å². The maximum absolute atomic E-state index is 12.3. The number of halogens is 2. The largest absolute Gasteiger partial charge is 0.490 e. The van der Waals surface area contributed by atoms with E-state index in [9.17, 15) is 4.79 Å². The van der Waals surface area contributed by atoms with Gasteiger partial charge in [0.1, 0.15) is 17.2 Å². The van der Waals surface area contributed by atoms with Gasteiger partial charge in [0.15, 0.2) is 0 Å². The minimum atomic E-state index is -0.180. The zero-order valence-electron chi connectivity index (χ0n) is 18.2. The predicted octanol–water partition coefficient (Wildman–Crippen LogP) is 4.51. The molecule has 0 atom stereocenters. The van der Waals surface area contributed by atoms with Crippen molar-refractivity contribution in [3.8, 4) is 0 Å². The molecule has 0 saturated heterocycles. The molecule has 3 rings (SSSR count). The first-order valence-electron chi connectivity index (χ1n) is 10.3. The zero-order chi connectivity index (χ0) is 23.3. The van der Waals surface area contributed by atoms with Crippen molar-refractivity contribution in [3.05, 3.63) is 50.3 Å². The Bertz CT molecular complexity index is 1140. The van der Waals surface area contributed by atoms with Crippen LogP contribution in [0.1, 0.15) is 36.1 Å². The maximum atomic E-state index is 12.3. The zero-order valence-corrected chi connectivity index (χ0v) is 20.5. The SMILES string of the molecule is CCNC(=O)c1cc2c(C3=C=CC(OCCN(CC)CC)=C(Cl)C=C3Cl)nc(N)nc2s1. The number of likely N-dealkylation sites (N-methyl/N-ethyl adjacent to an activating group) is 1. The predicted molar refractivity (Wildman–Crippen MR) is 132 cm³/mol. The lowest BCUT2D eigenvalue weighted by molar-refractivity contribution is 0.0960. The molecule has 10 heteroatoms. The third kappa shape index (κ3) is 5.52. The number of carbonyl (C=O) groups excluding carboxylic acids is 1. The van der Waals surface area contributed by atoms with Gasteiger partial charge >= 0.3 is 0 Å². The van der Waals surface area contributed by atoms with E-state index in [1.54, 1.807) is 18.2 Å². The second-order valence-electron chi connectivity index (χ2n) is 6.86. The first kappa shape index (κ1) is 24.3. The summed E-state index contributed by atoms with van der Waals surface area (Å²) in [6.07, 6.45) is 3.25. The smallest absolute Gasteiger partial charge is 0.261 e. The number of fused-ring (bicyclic) bond motifs is 1. The van der Waals surface area contributed by atoms with Gasteiger partial charge in [-0.1, -0.05) is 37.0 Å². The number of nitrogens with two attached hydrogens (primary N) is 1. The van der Waals surface area contributed by atoms with E-state index >= 15 is 0 Å². The van der Waals surface area contributed by atoms with E-state index < -0.39 is 0 Å². The molecule has 0 bridgehead atoms. The van der Waals surface area contributed by atoms with Gasteiger partial charge in [0.25, 0.3) is 5.91 Å². The van der Waals surface area contributed by atoms with E-state index in [-0.39, 0.29) is 11.9 Å².